The summed E-state index contributed by atoms with van der Waals surface area (Å²) in [7, 11) is 0. The molecule has 1 aromatic rings. The minimum absolute atomic E-state index is 0.0826. The lowest BCUT2D eigenvalue weighted by molar-refractivity contribution is -0.268. The maximum Gasteiger partial charge on any atom is 0.303 e. The van der Waals surface area contributed by atoms with E-state index in [1.165, 1.54) is 6.92 Å². The molecule has 0 saturated carbocycles. The fraction of sp³-hybridized carbons (Fsp3) is 0.417. The summed E-state index contributed by atoms with van der Waals surface area (Å²) in [5.41, 5.74) is 0.732. The Bertz CT molecular complexity index is 1170. The molecule has 204 valence electrons. The zero-order chi connectivity index (χ0) is 28.1. The lowest BCUT2D eigenvalue weighted by Crippen LogP contribution is -2.66. The van der Waals surface area contributed by atoms with E-state index in [1.807, 2.05) is 12.1 Å². The van der Waals surface area contributed by atoms with Gasteiger partial charge in [0, 0.05) is 32.2 Å². The van der Waals surface area contributed by atoms with E-state index < -0.39 is 67.0 Å². The van der Waals surface area contributed by atoms with Crippen molar-refractivity contribution in [2.45, 2.75) is 58.3 Å². The number of carbonyl (C=O) groups is 5. The number of hydrogen-bond acceptors (Lipinski definition) is 12. The van der Waals surface area contributed by atoms with Gasteiger partial charge in [-0.15, -0.1) is 0 Å². The maximum atomic E-state index is 13.5. The van der Waals surface area contributed by atoms with Crippen LogP contribution in [0, 0.1) is 0 Å². The molecule has 3 rings (SSSR count). The molecule has 2 heterocycles. The molecule has 2 saturated heterocycles. The molecule has 1 amide bonds. The molecule has 1 aromatic carbocycles. The van der Waals surface area contributed by atoms with Crippen molar-refractivity contribution >= 4 is 80.1 Å². The van der Waals surface area contributed by atoms with E-state index in [2.05, 4.69) is 15.9 Å². The van der Waals surface area contributed by atoms with Gasteiger partial charge in [-0.25, -0.2) is 0 Å². The largest absolute Gasteiger partial charge is 0.463 e. The van der Waals surface area contributed by atoms with Crippen LogP contribution in [0.4, 0.5) is 0 Å². The first kappa shape index (κ1) is 29.7. The topological polar surface area (TPSA) is 135 Å². The first-order chi connectivity index (χ1) is 17.9. The minimum atomic E-state index is -1.44. The third-order valence-corrected chi connectivity index (χ3v) is 7.07. The summed E-state index contributed by atoms with van der Waals surface area (Å²) in [6, 6.07) is 7.22. The summed E-state index contributed by atoms with van der Waals surface area (Å²) < 4.78 is 28.3. The molecular formula is C24H24BrNO10S2. The number of carbonyl (C=O) groups excluding carboxylic acids is 5. The van der Waals surface area contributed by atoms with Crippen LogP contribution in [0.2, 0.25) is 0 Å². The number of rotatable bonds is 7. The molecule has 0 bridgehead atoms. The van der Waals surface area contributed by atoms with Crippen molar-refractivity contribution in [3.05, 3.63) is 39.2 Å². The molecule has 0 N–H and O–H groups in total. The third-order valence-electron chi connectivity index (χ3n) is 5.21. The van der Waals surface area contributed by atoms with Crippen molar-refractivity contribution in [1.29, 1.82) is 0 Å². The molecule has 0 spiro atoms. The van der Waals surface area contributed by atoms with Crippen molar-refractivity contribution in [2.75, 3.05) is 6.61 Å². The number of amides is 1. The van der Waals surface area contributed by atoms with Crippen LogP contribution in [0.15, 0.2) is 33.6 Å². The van der Waals surface area contributed by atoms with E-state index in [4.69, 9.17) is 35.9 Å². The average molecular weight is 630 g/mol. The average Bonchev–Trinajstić information content (AvgIpc) is 3.08. The second kappa shape index (κ2) is 12.8. The quantitative estimate of drug-likeness (QED) is 0.190. The van der Waals surface area contributed by atoms with Crippen LogP contribution in [0.25, 0.3) is 6.08 Å². The Kier molecular flexibility index (Phi) is 10.0. The van der Waals surface area contributed by atoms with Crippen LogP contribution in [0.3, 0.4) is 0 Å². The van der Waals surface area contributed by atoms with E-state index in [9.17, 15) is 24.0 Å². The highest BCUT2D eigenvalue weighted by Crippen LogP contribution is 2.39. The Balaban J connectivity index is 2.04. The third kappa shape index (κ3) is 7.40. The van der Waals surface area contributed by atoms with Gasteiger partial charge in [-0.3, -0.25) is 28.9 Å². The van der Waals surface area contributed by atoms with Crippen LogP contribution < -0.4 is 0 Å². The summed E-state index contributed by atoms with van der Waals surface area (Å²) in [4.78, 5) is 62.4. The number of nitrogens with zero attached hydrogens (tertiary/aromatic N) is 1. The molecule has 0 aliphatic carbocycles. The second-order valence-electron chi connectivity index (χ2n) is 8.19. The molecule has 0 unspecified atom stereocenters. The number of hydrogen-bond donors (Lipinski definition) is 0. The van der Waals surface area contributed by atoms with E-state index in [0.717, 1.165) is 47.5 Å². The van der Waals surface area contributed by atoms with E-state index in [0.29, 0.717) is 0 Å². The fourth-order valence-corrected chi connectivity index (χ4v) is 5.40. The van der Waals surface area contributed by atoms with Crippen molar-refractivity contribution in [1.82, 2.24) is 4.90 Å². The van der Waals surface area contributed by atoms with Gasteiger partial charge in [-0.05, 0) is 23.8 Å². The highest BCUT2D eigenvalue weighted by Gasteiger charge is 2.56. The van der Waals surface area contributed by atoms with E-state index >= 15 is 0 Å². The van der Waals surface area contributed by atoms with Gasteiger partial charge < -0.3 is 23.7 Å². The summed E-state index contributed by atoms with van der Waals surface area (Å²) in [5, 5.41) is 0. The Morgan fingerprint density at radius 1 is 0.947 bits per heavy atom. The molecule has 5 atom stereocenters. The smallest absolute Gasteiger partial charge is 0.303 e. The Labute approximate surface area is 236 Å². The Morgan fingerprint density at radius 3 is 2.05 bits per heavy atom. The number of benzene rings is 1. The summed E-state index contributed by atoms with van der Waals surface area (Å²) in [6.07, 6.45) is -5.17. The van der Waals surface area contributed by atoms with Crippen molar-refractivity contribution in [3.63, 3.8) is 0 Å². The van der Waals surface area contributed by atoms with E-state index in [1.54, 1.807) is 18.2 Å². The first-order valence-corrected chi connectivity index (χ1v) is 13.2. The van der Waals surface area contributed by atoms with E-state index in [-0.39, 0.29) is 9.23 Å². The standard InChI is InChI=1S/C24H24BrNO10S2/c1-11(27)32-10-17-19(33-12(2)28)20(34-13(3)29)21(35-14(4)30)23(36-17)26-22(31)18(38-24(26)37)9-15-5-7-16(25)8-6-15/h5-9,17,19-21,23H,10H2,1-4H3/b18-9-/t17-,19+,20+,21+,23-/m1/s1. The van der Waals surface area contributed by atoms with Crippen molar-refractivity contribution < 1.29 is 47.7 Å². The molecule has 11 nitrogen and oxygen atoms in total. The number of thioether (sulfide) groups is 1. The fourth-order valence-electron chi connectivity index (χ4n) is 3.82. The zero-order valence-electron chi connectivity index (χ0n) is 20.7. The first-order valence-electron chi connectivity index (χ1n) is 11.2. The van der Waals surface area contributed by atoms with Crippen LogP contribution in [0.5, 0.6) is 0 Å². The summed E-state index contributed by atoms with van der Waals surface area (Å²) in [6.45, 7) is 4.10. The zero-order valence-corrected chi connectivity index (χ0v) is 23.9. The summed E-state index contributed by atoms with van der Waals surface area (Å²) in [5.74, 6) is -3.52. The van der Waals surface area contributed by atoms with Crippen LogP contribution >= 0.6 is 39.9 Å². The van der Waals surface area contributed by atoms with Crippen LogP contribution in [-0.4, -0.2) is 76.3 Å². The lowest BCUT2D eigenvalue weighted by Gasteiger charge is -2.46. The highest BCUT2D eigenvalue weighted by atomic mass is 79.9. The summed E-state index contributed by atoms with van der Waals surface area (Å²) >= 11 is 9.83. The highest BCUT2D eigenvalue weighted by molar-refractivity contribution is 9.10. The van der Waals surface area contributed by atoms with Crippen molar-refractivity contribution in [3.8, 4) is 0 Å². The minimum Gasteiger partial charge on any atom is -0.463 e. The van der Waals surface area contributed by atoms with Crippen molar-refractivity contribution in [2.24, 2.45) is 0 Å². The van der Waals surface area contributed by atoms with Gasteiger partial charge in [0.1, 0.15) is 12.7 Å². The maximum absolute atomic E-state index is 13.5. The SMILES string of the molecule is CC(=O)OC[C@H]1O[C@@H](N2C(=O)/C(=C/c3ccc(Br)cc3)SC2=S)[C@@H](OC(C)=O)[C@@H](OC(C)=O)[C@H]1OC(C)=O. The monoisotopic (exact) mass is 629 g/mol. The molecule has 0 aromatic heterocycles. The number of esters is 4. The van der Waals surface area contributed by atoms with Crippen LogP contribution in [-0.2, 0) is 47.7 Å². The molecule has 0 radical (unpaired) electrons. The lowest BCUT2D eigenvalue weighted by atomic mass is 9.96. The van der Waals surface area contributed by atoms with Gasteiger partial charge in [0.15, 0.2) is 28.9 Å². The normalized spacial score (nSPS) is 26.2. The van der Waals surface area contributed by atoms with Gasteiger partial charge in [-0.2, -0.15) is 0 Å². The molecule has 2 fully saturated rings. The predicted molar refractivity (Wildman–Crippen MR) is 141 cm³/mol. The van der Waals surface area contributed by atoms with Gasteiger partial charge in [0.05, 0.1) is 4.91 Å². The molecule has 2 aliphatic heterocycles. The molecule has 38 heavy (non-hydrogen) atoms. The van der Waals surface area contributed by atoms with Gasteiger partial charge in [0.25, 0.3) is 5.91 Å². The van der Waals surface area contributed by atoms with Gasteiger partial charge >= 0.3 is 23.9 Å². The van der Waals surface area contributed by atoms with Gasteiger partial charge in [0.2, 0.25) is 0 Å². The molecular weight excluding hydrogens is 606 g/mol. The predicted octanol–water partition coefficient (Wildman–Crippen LogP) is 2.73. The van der Waals surface area contributed by atoms with Gasteiger partial charge in [-0.1, -0.05) is 52.0 Å². The van der Waals surface area contributed by atoms with Crippen LogP contribution in [0.1, 0.15) is 33.3 Å². The molecule has 2 aliphatic rings. The number of ether oxygens (including phenoxy) is 5. The second-order valence-corrected chi connectivity index (χ2v) is 10.8. The number of thiocarbonyl (C=S) groups is 1. The number of halogens is 1. The Hall–Kier alpha value is -2.81. The molecule has 14 heteroatoms. The Morgan fingerprint density at radius 2 is 1.50 bits per heavy atom.